The molecule has 8 aromatic rings. The van der Waals surface area contributed by atoms with Gasteiger partial charge in [-0.25, -0.2) is 0 Å². The van der Waals surface area contributed by atoms with Crippen LogP contribution in [0.5, 0.6) is 0 Å². The number of benzene rings is 7. The van der Waals surface area contributed by atoms with Crippen molar-refractivity contribution in [3.8, 4) is 39.1 Å². The summed E-state index contributed by atoms with van der Waals surface area (Å²) in [6, 6.07) is 51.2. The van der Waals surface area contributed by atoms with Gasteiger partial charge in [0, 0.05) is 22.0 Å². The highest BCUT2D eigenvalue weighted by Crippen LogP contribution is 2.51. The third-order valence-corrected chi connectivity index (χ3v) is 8.48. The van der Waals surface area contributed by atoms with Crippen molar-refractivity contribution in [1.29, 1.82) is 0 Å². The van der Waals surface area contributed by atoms with Crippen LogP contribution in [0.4, 0.5) is 0 Å². The molecule has 1 aliphatic rings. The Kier molecular flexibility index (Phi) is 4.11. The first kappa shape index (κ1) is 20.9. The van der Waals surface area contributed by atoms with Gasteiger partial charge in [0.15, 0.2) is 0 Å². The molecule has 0 atom stereocenters. The van der Waals surface area contributed by atoms with E-state index in [1.807, 2.05) is 0 Å². The van der Waals surface area contributed by atoms with Gasteiger partial charge in [0.2, 0.25) is 0 Å². The molecule has 0 N–H and O–H groups in total. The van der Waals surface area contributed by atoms with Crippen LogP contribution in [0.15, 0.2) is 140 Å². The molecule has 1 aromatic heterocycles. The summed E-state index contributed by atoms with van der Waals surface area (Å²) in [6.07, 6.45) is 0. The van der Waals surface area contributed by atoms with Crippen LogP contribution in [0.1, 0.15) is 0 Å². The summed E-state index contributed by atoms with van der Waals surface area (Å²) in [5.41, 5.74) is 11.4. The van der Waals surface area contributed by atoms with Crippen LogP contribution < -0.4 is 0 Å². The molecule has 0 aliphatic heterocycles. The molecule has 1 heteroatoms. The van der Waals surface area contributed by atoms with E-state index in [0.717, 1.165) is 0 Å². The van der Waals surface area contributed by atoms with Gasteiger partial charge in [0.1, 0.15) is 0 Å². The van der Waals surface area contributed by atoms with E-state index in [-0.39, 0.29) is 0 Å². The number of rotatable bonds is 2. The molecule has 1 aliphatic carbocycles. The van der Waals surface area contributed by atoms with Crippen molar-refractivity contribution in [3.63, 3.8) is 0 Å². The summed E-state index contributed by atoms with van der Waals surface area (Å²) < 4.78 is 2.48. The Morgan fingerprint density at radius 3 is 1.92 bits per heavy atom. The smallest absolute Gasteiger partial charge is 0.0553 e. The lowest BCUT2D eigenvalue weighted by atomic mass is 9.91. The van der Waals surface area contributed by atoms with Crippen molar-refractivity contribution in [2.24, 2.45) is 0 Å². The third-order valence-electron chi connectivity index (χ3n) is 8.48. The number of nitrogens with zero attached hydrogens (tertiary/aromatic N) is 1. The van der Waals surface area contributed by atoms with E-state index < -0.39 is 0 Å². The highest BCUT2D eigenvalue weighted by atomic mass is 15.0. The first-order chi connectivity index (χ1) is 19.4. The molecule has 7 aromatic carbocycles. The lowest BCUT2D eigenvalue weighted by Crippen LogP contribution is -1.95. The van der Waals surface area contributed by atoms with Crippen molar-refractivity contribution in [2.45, 2.75) is 0 Å². The van der Waals surface area contributed by atoms with Crippen LogP contribution in [-0.2, 0) is 0 Å². The summed E-state index contributed by atoms with van der Waals surface area (Å²) in [5.74, 6) is 0. The largest absolute Gasteiger partial charge is 0.309 e. The molecule has 0 radical (unpaired) electrons. The van der Waals surface area contributed by atoms with Crippen molar-refractivity contribution < 1.29 is 0 Å². The quantitative estimate of drug-likeness (QED) is 0.226. The lowest BCUT2D eigenvalue weighted by molar-refractivity contribution is 1.18. The van der Waals surface area contributed by atoms with E-state index in [9.17, 15) is 0 Å². The van der Waals surface area contributed by atoms with Crippen LogP contribution >= 0.6 is 0 Å². The predicted molar refractivity (Wildman–Crippen MR) is 166 cm³/mol. The van der Waals surface area contributed by atoms with Gasteiger partial charge < -0.3 is 4.57 Å². The molecule has 0 bridgehead atoms. The summed E-state index contributed by atoms with van der Waals surface area (Å²) >= 11 is 0. The van der Waals surface area contributed by atoms with Crippen LogP contribution in [0.3, 0.4) is 0 Å². The van der Waals surface area contributed by atoms with Crippen LogP contribution in [0.25, 0.3) is 82.4 Å². The topological polar surface area (TPSA) is 4.93 Å². The molecule has 0 saturated heterocycles. The van der Waals surface area contributed by atoms with Crippen molar-refractivity contribution >= 4 is 43.4 Å². The van der Waals surface area contributed by atoms with Gasteiger partial charge in [0.25, 0.3) is 0 Å². The van der Waals surface area contributed by atoms with E-state index in [0.29, 0.717) is 0 Å². The van der Waals surface area contributed by atoms with Crippen LogP contribution in [0.2, 0.25) is 0 Å². The SMILES string of the molecule is c1ccc(-c2cccc(-n3c4cccc5c4c4c(c6ccccc6cc43)-c3cccc4cccc-5c34)c2)cc1. The summed E-state index contributed by atoms with van der Waals surface area (Å²) in [4.78, 5) is 0. The summed E-state index contributed by atoms with van der Waals surface area (Å²) in [6.45, 7) is 0. The van der Waals surface area contributed by atoms with Gasteiger partial charge in [-0.15, -0.1) is 0 Å². The predicted octanol–water partition coefficient (Wildman–Crippen LogP) is 10.4. The minimum absolute atomic E-state index is 1.18. The van der Waals surface area contributed by atoms with Gasteiger partial charge >= 0.3 is 0 Å². The zero-order valence-corrected chi connectivity index (χ0v) is 21.2. The molecule has 0 unspecified atom stereocenters. The summed E-state index contributed by atoms with van der Waals surface area (Å²) in [5, 5.41) is 7.88. The van der Waals surface area contributed by atoms with Crippen molar-refractivity contribution in [2.75, 3.05) is 0 Å². The minimum atomic E-state index is 1.18. The molecule has 0 fully saturated rings. The van der Waals surface area contributed by atoms with Crippen molar-refractivity contribution in [3.05, 3.63) is 140 Å². The zero-order chi connectivity index (χ0) is 25.5. The van der Waals surface area contributed by atoms with E-state index >= 15 is 0 Å². The van der Waals surface area contributed by atoms with Gasteiger partial charge in [-0.3, -0.25) is 0 Å². The Balaban J connectivity index is 1.51. The standard InChI is InChI=1S/C38H23N/c1-2-10-24(11-3-1)26-15-6-16-28(22-26)39-33-21-9-19-31-30-18-7-13-25-14-8-20-32(35(25)30)36-29-17-5-4-12-27(29)23-34(39)38(36)37(31)33/h1-23H. The molecule has 1 nitrogen and oxygen atoms in total. The van der Waals surface area contributed by atoms with Crippen LogP contribution in [-0.4, -0.2) is 4.57 Å². The second-order valence-electron chi connectivity index (χ2n) is 10.5. The van der Waals surface area contributed by atoms with E-state index in [4.69, 9.17) is 0 Å². The fourth-order valence-corrected chi connectivity index (χ4v) is 6.89. The van der Waals surface area contributed by atoms with E-state index in [1.165, 1.54) is 82.4 Å². The molecular formula is C38H23N. The maximum Gasteiger partial charge on any atom is 0.0553 e. The number of fused-ring (bicyclic) bond motifs is 4. The van der Waals surface area contributed by atoms with Crippen molar-refractivity contribution in [1.82, 2.24) is 4.57 Å². The Morgan fingerprint density at radius 1 is 0.385 bits per heavy atom. The Bertz CT molecular complexity index is 2260. The lowest BCUT2D eigenvalue weighted by Gasteiger charge is -2.15. The number of hydrogen-bond acceptors (Lipinski definition) is 0. The van der Waals surface area contributed by atoms with Gasteiger partial charge in [-0.2, -0.15) is 0 Å². The highest BCUT2D eigenvalue weighted by Gasteiger charge is 2.26. The second-order valence-corrected chi connectivity index (χ2v) is 10.5. The number of hydrogen-bond donors (Lipinski definition) is 0. The Morgan fingerprint density at radius 2 is 1.05 bits per heavy atom. The maximum absolute atomic E-state index is 2.48. The molecule has 0 saturated carbocycles. The molecule has 9 rings (SSSR count). The van der Waals surface area contributed by atoms with Crippen LogP contribution in [0, 0.1) is 0 Å². The highest BCUT2D eigenvalue weighted by molar-refractivity contribution is 6.31. The zero-order valence-electron chi connectivity index (χ0n) is 21.2. The Hall–Kier alpha value is -5.14. The first-order valence-electron chi connectivity index (χ1n) is 13.5. The fraction of sp³-hybridized carbons (Fsp3) is 0. The Labute approximate surface area is 226 Å². The average molecular weight is 494 g/mol. The normalized spacial score (nSPS) is 12.1. The third kappa shape index (κ3) is 2.79. The molecule has 39 heavy (non-hydrogen) atoms. The molecule has 180 valence electrons. The molecule has 0 spiro atoms. The van der Waals surface area contributed by atoms with Gasteiger partial charge in [-0.05, 0) is 73.6 Å². The molecule has 0 amide bonds. The number of aromatic nitrogens is 1. The van der Waals surface area contributed by atoms with E-state index in [2.05, 4.69) is 144 Å². The second kappa shape index (κ2) is 7.69. The first-order valence-corrected chi connectivity index (χ1v) is 13.5. The van der Waals surface area contributed by atoms with Gasteiger partial charge in [0.05, 0.1) is 11.0 Å². The van der Waals surface area contributed by atoms with E-state index in [1.54, 1.807) is 0 Å². The monoisotopic (exact) mass is 493 g/mol. The summed E-state index contributed by atoms with van der Waals surface area (Å²) in [7, 11) is 0. The average Bonchev–Trinajstić information content (AvgIpc) is 3.27. The molecular weight excluding hydrogens is 470 g/mol. The maximum atomic E-state index is 2.48. The van der Waals surface area contributed by atoms with Gasteiger partial charge in [-0.1, -0.05) is 115 Å². The fourth-order valence-electron chi connectivity index (χ4n) is 6.89. The molecule has 1 heterocycles. The minimum Gasteiger partial charge on any atom is -0.309 e.